The molecule has 1 heterocycles. The number of carbonyl (C=O) groups excluding carboxylic acids is 1. The van der Waals surface area contributed by atoms with Crippen molar-refractivity contribution < 1.29 is 9.53 Å². The number of hydrogen-bond donors (Lipinski definition) is 2. The largest absolute Gasteiger partial charge is 0.383 e. The summed E-state index contributed by atoms with van der Waals surface area (Å²) in [5, 5.41) is 6.54. The first-order valence-corrected chi connectivity index (χ1v) is 7.99. The van der Waals surface area contributed by atoms with Crippen LogP contribution in [0.5, 0.6) is 0 Å². The molecule has 1 fully saturated rings. The molecule has 1 saturated heterocycles. The molecule has 126 valence electrons. The highest BCUT2D eigenvalue weighted by Gasteiger charge is 2.21. The summed E-state index contributed by atoms with van der Waals surface area (Å²) < 4.78 is 5.10. The van der Waals surface area contributed by atoms with Crippen molar-refractivity contribution in [2.45, 2.75) is 32.4 Å². The first kappa shape index (κ1) is 17.3. The van der Waals surface area contributed by atoms with Gasteiger partial charge in [-0.15, -0.1) is 0 Å². The minimum Gasteiger partial charge on any atom is -0.383 e. The fourth-order valence-electron chi connectivity index (χ4n) is 2.62. The van der Waals surface area contributed by atoms with Gasteiger partial charge < -0.3 is 20.3 Å². The molecule has 0 saturated carbocycles. The molecular formula is C17H26N4O2. The standard InChI is InChI=1S/C17H26N4O2/c1-13(12-23-3)20-17(18-2)19-11-14-6-8-15(9-7-14)21-10-4-5-16(21)22/h6-9,13H,4-5,10-12H2,1-3H3,(H2,18,19,20). The van der Waals surface area contributed by atoms with Gasteiger partial charge in [0, 0.05) is 45.4 Å². The van der Waals surface area contributed by atoms with Crippen LogP contribution in [0.2, 0.25) is 0 Å². The first-order chi connectivity index (χ1) is 11.1. The van der Waals surface area contributed by atoms with Crippen molar-refractivity contribution in [3.05, 3.63) is 29.8 Å². The van der Waals surface area contributed by atoms with Crippen LogP contribution in [0.4, 0.5) is 5.69 Å². The van der Waals surface area contributed by atoms with E-state index in [2.05, 4.69) is 15.6 Å². The van der Waals surface area contributed by atoms with Gasteiger partial charge in [0.2, 0.25) is 5.91 Å². The highest BCUT2D eigenvalue weighted by molar-refractivity contribution is 5.95. The number of nitrogens with one attached hydrogen (secondary N) is 2. The molecule has 6 heteroatoms. The number of guanidine groups is 1. The average Bonchev–Trinajstić information content (AvgIpc) is 2.98. The zero-order chi connectivity index (χ0) is 16.7. The maximum atomic E-state index is 11.7. The summed E-state index contributed by atoms with van der Waals surface area (Å²) in [6, 6.07) is 8.28. The fraction of sp³-hybridized carbons (Fsp3) is 0.529. The number of amides is 1. The fourth-order valence-corrected chi connectivity index (χ4v) is 2.62. The number of ether oxygens (including phenoxy) is 1. The van der Waals surface area contributed by atoms with Crippen molar-refractivity contribution in [2.75, 3.05) is 32.2 Å². The van der Waals surface area contributed by atoms with Crippen LogP contribution in [0.3, 0.4) is 0 Å². The molecule has 0 aliphatic carbocycles. The highest BCUT2D eigenvalue weighted by Crippen LogP contribution is 2.21. The Kier molecular flexibility index (Phi) is 6.40. The Hall–Kier alpha value is -2.08. The molecule has 1 aliphatic heterocycles. The van der Waals surface area contributed by atoms with Crippen molar-refractivity contribution in [3.63, 3.8) is 0 Å². The van der Waals surface area contributed by atoms with E-state index in [0.29, 0.717) is 19.6 Å². The average molecular weight is 318 g/mol. The summed E-state index contributed by atoms with van der Waals surface area (Å²) >= 11 is 0. The Morgan fingerprint density at radius 2 is 2.13 bits per heavy atom. The molecule has 6 nitrogen and oxygen atoms in total. The lowest BCUT2D eigenvalue weighted by Crippen LogP contribution is -2.43. The number of rotatable bonds is 6. The molecule has 1 aromatic carbocycles. The third-order valence-electron chi connectivity index (χ3n) is 3.80. The van der Waals surface area contributed by atoms with E-state index in [1.165, 1.54) is 0 Å². The van der Waals surface area contributed by atoms with Crippen molar-refractivity contribution >= 4 is 17.6 Å². The van der Waals surface area contributed by atoms with E-state index >= 15 is 0 Å². The highest BCUT2D eigenvalue weighted by atomic mass is 16.5. The number of anilines is 1. The molecule has 1 aromatic rings. The smallest absolute Gasteiger partial charge is 0.227 e. The molecule has 2 N–H and O–H groups in total. The summed E-state index contributed by atoms with van der Waals surface area (Å²) in [5.74, 6) is 0.959. The van der Waals surface area contributed by atoms with Crippen LogP contribution in [-0.4, -0.2) is 45.2 Å². The van der Waals surface area contributed by atoms with E-state index in [1.54, 1.807) is 14.2 Å². The van der Waals surface area contributed by atoms with Gasteiger partial charge >= 0.3 is 0 Å². The van der Waals surface area contributed by atoms with Gasteiger partial charge in [-0.2, -0.15) is 0 Å². The molecule has 0 radical (unpaired) electrons. The van der Waals surface area contributed by atoms with E-state index in [4.69, 9.17) is 4.74 Å². The van der Waals surface area contributed by atoms with Crippen LogP contribution in [-0.2, 0) is 16.1 Å². The Balaban J connectivity index is 1.87. The molecule has 1 unspecified atom stereocenters. The van der Waals surface area contributed by atoms with Crippen LogP contribution in [0.15, 0.2) is 29.3 Å². The third-order valence-corrected chi connectivity index (χ3v) is 3.80. The second kappa shape index (κ2) is 8.53. The minimum atomic E-state index is 0.190. The molecule has 2 rings (SSSR count). The van der Waals surface area contributed by atoms with Crippen molar-refractivity contribution in [2.24, 2.45) is 4.99 Å². The van der Waals surface area contributed by atoms with Crippen LogP contribution >= 0.6 is 0 Å². The lowest BCUT2D eigenvalue weighted by atomic mass is 10.2. The van der Waals surface area contributed by atoms with Gasteiger partial charge in [0.05, 0.1) is 6.61 Å². The zero-order valence-electron chi connectivity index (χ0n) is 14.1. The van der Waals surface area contributed by atoms with Crippen LogP contribution in [0, 0.1) is 0 Å². The Bertz CT molecular complexity index is 542. The van der Waals surface area contributed by atoms with E-state index in [0.717, 1.165) is 30.2 Å². The third kappa shape index (κ3) is 4.96. The normalized spacial score (nSPS) is 16.6. The first-order valence-electron chi connectivity index (χ1n) is 7.99. The Morgan fingerprint density at radius 3 is 2.70 bits per heavy atom. The summed E-state index contributed by atoms with van der Waals surface area (Å²) in [5.41, 5.74) is 2.12. The summed E-state index contributed by atoms with van der Waals surface area (Å²) in [6.07, 6.45) is 1.61. The van der Waals surface area contributed by atoms with Gasteiger partial charge in [0.15, 0.2) is 5.96 Å². The molecule has 23 heavy (non-hydrogen) atoms. The number of benzene rings is 1. The van der Waals surface area contributed by atoms with Gasteiger partial charge in [-0.25, -0.2) is 0 Å². The number of carbonyl (C=O) groups is 1. The van der Waals surface area contributed by atoms with Crippen LogP contribution in [0.25, 0.3) is 0 Å². The maximum absolute atomic E-state index is 11.7. The minimum absolute atomic E-state index is 0.190. The quantitative estimate of drug-likeness (QED) is 0.616. The monoisotopic (exact) mass is 318 g/mol. The lowest BCUT2D eigenvalue weighted by Gasteiger charge is -2.18. The summed E-state index contributed by atoms with van der Waals surface area (Å²) in [4.78, 5) is 17.8. The van der Waals surface area contributed by atoms with Crippen LogP contribution < -0.4 is 15.5 Å². The molecule has 0 spiro atoms. The number of nitrogens with zero attached hydrogens (tertiary/aromatic N) is 2. The Labute approximate surface area is 137 Å². The van der Waals surface area contributed by atoms with Crippen molar-refractivity contribution in [1.82, 2.24) is 10.6 Å². The van der Waals surface area contributed by atoms with E-state index in [-0.39, 0.29) is 11.9 Å². The predicted octanol–water partition coefficient (Wildman–Crippen LogP) is 1.51. The summed E-state index contributed by atoms with van der Waals surface area (Å²) in [7, 11) is 3.43. The number of methoxy groups -OCH3 is 1. The molecule has 0 aromatic heterocycles. The molecular weight excluding hydrogens is 292 g/mol. The van der Waals surface area contributed by atoms with E-state index < -0.39 is 0 Å². The maximum Gasteiger partial charge on any atom is 0.227 e. The van der Waals surface area contributed by atoms with E-state index in [9.17, 15) is 4.79 Å². The predicted molar refractivity (Wildman–Crippen MR) is 92.7 cm³/mol. The van der Waals surface area contributed by atoms with E-state index in [1.807, 2.05) is 36.1 Å². The van der Waals surface area contributed by atoms with Gasteiger partial charge in [-0.3, -0.25) is 9.79 Å². The van der Waals surface area contributed by atoms with Crippen molar-refractivity contribution in [1.29, 1.82) is 0 Å². The topological polar surface area (TPSA) is 66.0 Å². The SMILES string of the molecule is CN=C(NCc1ccc(N2CCCC2=O)cc1)NC(C)COC. The second-order valence-corrected chi connectivity index (χ2v) is 5.74. The molecule has 1 amide bonds. The Morgan fingerprint density at radius 1 is 1.39 bits per heavy atom. The van der Waals surface area contributed by atoms with Crippen molar-refractivity contribution in [3.8, 4) is 0 Å². The van der Waals surface area contributed by atoms with Gasteiger partial charge in [-0.1, -0.05) is 12.1 Å². The number of hydrogen-bond acceptors (Lipinski definition) is 3. The molecule has 0 bridgehead atoms. The lowest BCUT2D eigenvalue weighted by molar-refractivity contribution is -0.117. The summed E-state index contributed by atoms with van der Waals surface area (Å²) in [6.45, 7) is 4.16. The number of aliphatic imine (C=N–C) groups is 1. The van der Waals surface area contributed by atoms with Crippen LogP contribution in [0.1, 0.15) is 25.3 Å². The molecule has 1 atom stereocenters. The van der Waals surface area contributed by atoms with Gasteiger partial charge in [-0.05, 0) is 31.0 Å². The zero-order valence-corrected chi connectivity index (χ0v) is 14.1. The van der Waals surface area contributed by atoms with Gasteiger partial charge in [0.1, 0.15) is 0 Å². The second-order valence-electron chi connectivity index (χ2n) is 5.74. The molecule has 1 aliphatic rings. The van der Waals surface area contributed by atoms with Gasteiger partial charge in [0.25, 0.3) is 0 Å².